The number of aliphatic hydroxyl groups excluding tert-OH is 1. The van der Waals surface area contributed by atoms with Crippen LogP contribution in [0.4, 0.5) is 0 Å². The largest absolute Gasteiger partial charge is 0.512 e. The Bertz CT molecular complexity index is 929. The van der Waals surface area contributed by atoms with E-state index in [1.54, 1.807) is 0 Å². The first kappa shape index (κ1) is 24.7. The van der Waals surface area contributed by atoms with Gasteiger partial charge in [0, 0.05) is 37.1 Å². The Morgan fingerprint density at radius 1 is 0.963 bits per heavy atom. The van der Waals surface area contributed by atoms with Crippen LogP contribution < -0.4 is 0 Å². The molecule has 1 aromatic heterocycles. The maximum absolute atomic E-state index is 10.0. The molecule has 1 radical (unpaired) electrons. The minimum atomic E-state index is -0.125. The maximum atomic E-state index is 10.0. The fraction of sp³-hybridized carbons (Fsp3) is 0.174. The third kappa shape index (κ3) is 7.86. The molecule has 3 rings (SSSR count). The van der Waals surface area contributed by atoms with E-state index >= 15 is 0 Å². The van der Waals surface area contributed by atoms with Crippen molar-refractivity contribution in [3.05, 3.63) is 85.0 Å². The second kappa shape index (κ2) is 11.4. The van der Waals surface area contributed by atoms with E-state index in [-0.39, 0.29) is 39.1 Å². The van der Waals surface area contributed by atoms with E-state index in [0.717, 1.165) is 11.2 Å². The summed E-state index contributed by atoms with van der Waals surface area (Å²) < 4.78 is 0. The summed E-state index contributed by atoms with van der Waals surface area (Å²) in [6.07, 6.45) is 1.17. The van der Waals surface area contributed by atoms with Crippen molar-refractivity contribution in [2.24, 2.45) is 0 Å². The normalized spacial score (nSPS) is 10.1. The minimum absolute atomic E-state index is 0. The number of benzene rings is 2. The summed E-state index contributed by atoms with van der Waals surface area (Å²) in [5.41, 5.74) is 5.79. The number of aromatic nitrogens is 1. The van der Waals surface area contributed by atoms with Crippen molar-refractivity contribution in [3.8, 4) is 11.3 Å². The fourth-order valence-electron chi connectivity index (χ4n) is 2.49. The number of rotatable bonds is 2. The molecule has 0 saturated heterocycles. The molecule has 3 aromatic rings. The van der Waals surface area contributed by atoms with Gasteiger partial charge in [-0.1, -0.05) is 42.0 Å². The Morgan fingerprint density at radius 3 is 2.15 bits per heavy atom. The molecule has 0 unspecified atom stereocenters. The zero-order valence-corrected chi connectivity index (χ0v) is 18.8. The molecule has 0 aliphatic heterocycles. The van der Waals surface area contributed by atoms with E-state index in [2.05, 4.69) is 68.4 Å². The van der Waals surface area contributed by atoms with E-state index < -0.39 is 0 Å². The van der Waals surface area contributed by atoms with Gasteiger partial charge in [0.25, 0.3) is 0 Å². The molecule has 0 aliphatic carbocycles. The van der Waals surface area contributed by atoms with Crippen LogP contribution in [-0.2, 0) is 24.9 Å². The Labute approximate surface area is 175 Å². The van der Waals surface area contributed by atoms with Crippen molar-refractivity contribution >= 4 is 16.7 Å². The summed E-state index contributed by atoms with van der Waals surface area (Å²) in [5.74, 6) is -0.0625. The second-order valence-corrected chi connectivity index (χ2v) is 6.16. The first-order valence-corrected chi connectivity index (χ1v) is 8.17. The van der Waals surface area contributed by atoms with E-state index in [1.807, 2.05) is 0 Å². The van der Waals surface area contributed by atoms with Crippen LogP contribution >= 0.6 is 0 Å². The topological polar surface area (TPSA) is 50.2 Å². The molecule has 1 heterocycles. The number of hydrogen-bond donors (Lipinski definition) is 1. The van der Waals surface area contributed by atoms with Gasteiger partial charge in [-0.3, -0.25) is 4.79 Å². The van der Waals surface area contributed by atoms with Gasteiger partial charge in [0.15, 0.2) is 5.78 Å². The molecule has 0 spiro atoms. The van der Waals surface area contributed by atoms with E-state index in [9.17, 15) is 4.79 Å². The van der Waals surface area contributed by atoms with Crippen molar-refractivity contribution in [1.29, 1.82) is 0 Å². The predicted molar refractivity (Wildman–Crippen MR) is 110 cm³/mol. The second-order valence-electron chi connectivity index (χ2n) is 6.16. The standard InChI is InChI=1S/C17H15N.C5H8O2.CH3.Ir/c1-12-4-3-5-15(10-12)16-9-8-14-7-6-13(2)11-17(14)18-16;1-4(6)3-5(2)7;;/h3-11H,1-2H3;3,6H,1-2H3;1H3;/q;;-1;/b;4-3-;;. The van der Waals surface area contributed by atoms with Gasteiger partial charge < -0.3 is 12.5 Å². The van der Waals surface area contributed by atoms with Gasteiger partial charge in [-0.25, -0.2) is 4.98 Å². The number of pyridine rings is 1. The van der Waals surface area contributed by atoms with Crippen LogP contribution in [0.5, 0.6) is 0 Å². The van der Waals surface area contributed by atoms with E-state index in [1.165, 1.54) is 42.0 Å². The Morgan fingerprint density at radius 2 is 1.59 bits per heavy atom. The van der Waals surface area contributed by atoms with Gasteiger partial charge in [-0.05, 0) is 51.5 Å². The van der Waals surface area contributed by atoms with Crippen LogP contribution in [-0.4, -0.2) is 15.9 Å². The molecule has 2 aromatic carbocycles. The maximum Gasteiger partial charge on any atom is 0.155 e. The number of aliphatic hydroxyl groups is 1. The number of nitrogens with zero attached hydrogens (tertiary/aromatic N) is 1. The summed E-state index contributed by atoms with van der Waals surface area (Å²) in [6.45, 7) is 7.05. The summed E-state index contributed by atoms with van der Waals surface area (Å²) in [4.78, 5) is 14.8. The molecule has 1 N–H and O–H groups in total. The minimum Gasteiger partial charge on any atom is -0.512 e. The fourth-order valence-corrected chi connectivity index (χ4v) is 2.49. The van der Waals surface area contributed by atoms with Gasteiger partial charge in [0.05, 0.1) is 17.0 Å². The number of hydrogen-bond acceptors (Lipinski definition) is 3. The summed E-state index contributed by atoms with van der Waals surface area (Å²) in [6, 6.07) is 19.1. The van der Waals surface area contributed by atoms with E-state index in [4.69, 9.17) is 10.1 Å². The first-order valence-electron chi connectivity index (χ1n) is 8.17. The van der Waals surface area contributed by atoms with E-state index in [0.29, 0.717) is 0 Å². The van der Waals surface area contributed by atoms with Crippen molar-refractivity contribution in [2.75, 3.05) is 0 Å². The van der Waals surface area contributed by atoms with Gasteiger partial charge in [0.1, 0.15) is 0 Å². The SMILES string of the molecule is CC(=O)/C=C(/C)O.Cc1cccc(-c2ccc3ccc(C)cc3n2)c1.[CH3-].[Ir]. The van der Waals surface area contributed by atoms with Crippen LogP contribution in [0, 0.1) is 21.3 Å². The monoisotopic (exact) mass is 541 g/mol. The average Bonchev–Trinajstić information content (AvgIpc) is 2.53. The number of carbonyl (C=O) groups excluding carboxylic acids is 1. The zero-order valence-electron chi connectivity index (χ0n) is 16.4. The Kier molecular flexibility index (Phi) is 10.5. The Balaban J connectivity index is 0.000000656. The third-order valence-electron chi connectivity index (χ3n) is 3.57. The van der Waals surface area contributed by atoms with Crippen LogP contribution in [0.15, 0.2) is 66.4 Å². The molecule has 0 bridgehead atoms. The zero-order chi connectivity index (χ0) is 18.4. The van der Waals surface area contributed by atoms with Crippen LogP contribution in [0.3, 0.4) is 0 Å². The first-order chi connectivity index (χ1) is 11.8. The molecule has 0 saturated carbocycles. The van der Waals surface area contributed by atoms with Crippen molar-refractivity contribution < 1.29 is 30.0 Å². The molecule has 0 fully saturated rings. The van der Waals surface area contributed by atoms with Crippen LogP contribution in [0.2, 0.25) is 0 Å². The number of aryl methyl sites for hydroxylation is 2. The Hall–Kier alpha value is -2.29. The summed E-state index contributed by atoms with van der Waals surface area (Å²) >= 11 is 0. The molecule has 3 nitrogen and oxygen atoms in total. The molecule has 0 aliphatic rings. The molecule has 0 atom stereocenters. The smallest absolute Gasteiger partial charge is 0.155 e. The number of carbonyl (C=O) groups is 1. The molecule has 27 heavy (non-hydrogen) atoms. The molecular weight excluding hydrogens is 514 g/mol. The van der Waals surface area contributed by atoms with Gasteiger partial charge in [-0.15, -0.1) is 0 Å². The third-order valence-corrected chi connectivity index (χ3v) is 3.57. The number of ketones is 1. The van der Waals surface area contributed by atoms with Crippen LogP contribution in [0.1, 0.15) is 25.0 Å². The molecular formula is C23H26IrNO2-. The van der Waals surface area contributed by atoms with Gasteiger partial charge >= 0.3 is 0 Å². The summed E-state index contributed by atoms with van der Waals surface area (Å²) in [5, 5.41) is 9.55. The number of fused-ring (bicyclic) bond motifs is 1. The molecule has 145 valence electrons. The molecule has 0 amide bonds. The van der Waals surface area contributed by atoms with Crippen LogP contribution in [0.25, 0.3) is 22.2 Å². The number of allylic oxidation sites excluding steroid dienone is 2. The summed E-state index contributed by atoms with van der Waals surface area (Å²) in [7, 11) is 0. The van der Waals surface area contributed by atoms with Gasteiger partial charge in [0.2, 0.25) is 0 Å². The average molecular weight is 541 g/mol. The predicted octanol–water partition coefficient (Wildman–Crippen LogP) is 6.00. The molecule has 4 heteroatoms. The van der Waals surface area contributed by atoms with Crippen molar-refractivity contribution in [1.82, 2.24) is 4.98 Å². The van der Waals surface area contributed by atoms with Gasteiger partial charge in [-0.2, -0.15) is 0 Å². The quantitative estimate of drug-likeness (QED) is 0.246. The van der Waals surface area contributed by atoms with Crippen molar-refractivity contribution in [2.45, 2.75) is 27.7 Å². The van der Waals surface area contributed by atoms with Crippen molar-refractivity contribution in [3.63, 3.8) is 0 Å².